The van der Waals surface area contributed by atoms with E-state index in [4.69, 9.17) is 4.74 Å². The molecule has 2 atom stereocenters. The average molecular weight is 298 g/mol. The molecule has 0 bridgehead atoms. The van der Waals surface area contributed by atoms with E-state index in [-0.39, 0.29) is 11.0 Å². The van der Waals surface area contributed by atoms with E-state index in [2.05, 4.69) is 52.0 Å². The fraction of sp³-hybridized carbons (Fsp3) is 0.550. The zero-order chi connectivity index (χ0) is 16.0. The Morgan fingerprint density at radius 3 is 2.68 bits per heavy atom. The van der Waals surface area contributed by atoms with Crippen LogP contribution in [-0.4, -0.2) is 11.9 Å². The van der Waals surface area contributed by atoms with Crippen molar-refractivity contribution < 1.29 is 9.53 Å². The maximum atomic E-state index is 11.5. The van der Waals surface area contributed by atoms with Crippen molar-refractivity contribution >= 4 is 11.9 Å². The predicted octanol–water partition coefficient (Wildman–Crippen LogP) is 4.91. The van der Waals surface area contributed by atoms with Gasteiger partial charge in [0.1, 0.15) is 17.6 Å². The molecule has 1 aliphatic carbocycles. The predicted molar refractivity (Wildman–Crippen MR) is 90.2 cm³/mol. The summed E-state index contributed by atoms with van der Waals surface area (Å²) in [5.74, 6) is 1.38. The van der Waals surface area contributed by atoms with Gasteiger partial charge in [0.15, 0.2) is 0 Å². The molecule has 1 aromatic carbocycles. The molecule has 22 heavy (non-hydrogen) atoms. The smallest absolute Gasteiger partial charge is 0.130 e. The lowest BCUT2D eigenvalue weighted by Gasteiger charge is -2.32. The summed E-state index contributed by atoms with van der Waals surface area (Å²) in [7, 11) is 0. The Morgan fingerprint density at radius 2 is 2.09 bits per heavy atom. The van der Waals surface area contributed by atoms with Gasteiger partial charge < -0.3 is 9.53 Å². The summed E-state index contributed by atoms with van der Waals surface area (Å²) in [5.41, 5.74) is 3.14. The second kappa shape index (κ2) is 5.26. The minimum Gasteiger partial charge on any atom is -0.483 e. The largest absolute Gasteiger partial charge is 0.483 e. The molecule has 1 aliphatic heterocycles. The SMILES string of the molecule is CCCCC1=CC(C)(C)Oc2cc([C@@]3(C=O)C[C@@H]3C)ccc21. The highest BCUT2D eigenvalue weighted by Crippen LogP contribution is 2.53. The number of unbranched alkanes of at least 4 members (excludes halogenated alkanes) is 1. The van der Waals surface area contributed by atoms with Crippen LogP contribution in [0.2, 0.25) is 0 Å². The number of rotatable bonds is 5. The van der Waals surface area contributed by atoms with E-state index in [1.807, 2.05) is 0 Å². The van der Waals surface area contributed by atoms with E-state index in [0.29, 0.717) is 5.92 Å². The number of allylic oxidation sites excluding steroid dienone is 1. The van der Waals surface area contributed by atoms with E-state index < -0.39 is 0 Å². The lowest BCUT2D eigenvalue weighted by Crippen LogP contribution is -2.29. The number of hydrogen-bond donors (Lipinski definition) is 0. The van der Waals surface area contributed by atoms with Crippen LogP contribution in [0, 0.1) is 5.92 Å². The molecular formula is C20H26O2. The van der Waals surface area contributed by atoms with Gasteiger partial charge in [-0.1, -0.05) is 32.4 Å². The quantitative estimate of drug-likeness (QED) is 0.722. The fourth-order valence-electron chi connectivity index (χ4n) is 3.63. The van der Waals surface area contributed by atoms with Gasteiger partial charge in [-0.15, -0.1) is 0 Å². The third kappa shape index (κ3) is 2.49. The molecule has 0 saturated heterocycles. The Bertz CT molecular complexity index is 627. The van der Waals surface area contributed by atoms with Crippen LogP contribution in [0.1, 0.15) is 64.5 Å². The molecule has 0 aromatic heterocycles. The van der Waals surface area contributed by atoms with Crippen LogP contribution >= 0.6 is 0 Å². The Morgan fingerprint density at radius 1 is 1.36 bits per heavy atom. The molecule has 2 nitrogen and oxygen atoms in total. The van der Waals surface area contributed by atoms with E-state index in [9.17, 15) is 4.79 Å². The molecule has 0 N–H and O–H groups in total. The minimum atomic E-state index is -0.280. The van der Waals surface area contributed by atoms with E-state index in [0.717, 1.165) is 30.4 Å². The van der Waals surface area contributed by atoms with Crippen molar-refractivity contribution in [2.75, 3.05) is 0 Å². The first kappa shape index (κ1) is 15.3. The summed E-state index contributed by atoms with van der Waals surface area (Å²) >= 11 is 0. The normalized spacial score (nSPS) is 28.4. The van der Waals surface area contributed by atoms with Crippen LogP contribution in [0.5, 0.6) is 5.75 Å². The van der Waals surface area contributed by atoms with Crippen molar-refractivity contribution in [3.63, 3.8) is 0 Å². The number of hydrogen-bond acceptors (Lipinski definition) is 2. The maximum absolute atomic E-state index is 11.5. The van der Waals surface area contributed by atoms with Crippen LogP contribution in [0.25, 0.3) is 5.57 Å². The Balaban J connectivity index is 1.99. The second-order valence-corrected chi connectivity index (χ2v) is 7.45. The molecule has 2 heteroatoms. The Labute approximate surface area is 133 Å². The van der Waals surface area contributed by atoms with Crippen LogP contribution < -0.4 is 4.74 Å². The van der Waals surface area contributed by atoms with Gasteiger partial charge in [0, 0.05) is 5.56 Å². The van der Waals surface area contributed by atoms with Gasteiger partial charge >= 0.3 is 0 Å². The summed E-state index contributed by atoms with van der Waals surface area (Å²) in [5, 5.41) is 0. The number of benzene rings is 1. The van der Waals surface area contributed by atoms with Gasteiger partial charge in [-0.3, -0.25) is 0 Å². The summed E-state index contributed by atoms with van der Waals surface area (Å²) in [6.45, 7) is 8.57. The first-order chi connectivity index (χ1) is 10.4. The summed E-state index contributed by atoms with van der Waals surface area (Å²) < 4.78 is 6.18. The molecule has 0 spiro atoms. The highest BCUT2D eigenvalue weighted by atomic mass is 16.5. The first-order valence-corrected chi connectivity index (χ1v) is 8.44. The van der Waals surface area contributed by atoms with Crippen molar-refractivity contribution in [3.05, 3.63) is 35.4 Å². The summed E-state index contributed by atoms with van der Waals surface area (Å²) in [6, 6.07) is 6.38. The van der Waals surface area contributed by atoms with E-state index in [1.165, 1.54) is 24.0 Å². The number of aldehydes is 1. The Kier molecular flexibility index (Phi) is 3.66. The van der Waals surface area contributed by atoms with Crippen LogP contribution in [0.15, 0.2) is 24.3 Å². The Hall–Kier alpha value is -1.57. The molecule has 1 heterocycles. The van der Waals surface area contributed by atoms with Crippen LogP contribution in [0.4, 0.5) is 0 Å². The zero-order valence-corrected chi connectivity index (χ0v) is 14.1. The van der Waals surface area contributed by atoms with Gasteiger partial charge in [-0.05, 0) is 62.3 Å². The third-order valence-corrected chi connectivity index (χ3v) is 5.13. The topological polar surface area (TPSA) is 26.3 Å². The first-order valence-electron chi connectivity index (χ1n) is 8.44. The van der Waals surface area contributed by atoms with Gasteiger partial charge in [0.05, 0.1) is 5.41 Å². The molecule has 1 fully saturated rings. The van der Waals surface area contributed by atoms with Crippen molar-refractivity contribution in [2.24, 2.45) is 5.92 Å². The second-order valence-electron chi connectivity index (χ2n) is 7.45. The minimum absolute atomic E-state index is 0.271. The fourth-order valence-corrected chi connectivity index (χ4v) is 3.63. The van der Waals surface area contributed by atoms with Crippen molar-refractivity contribution in [1.29, 1.82) is 0 Å². The number of ether oxygens (including phenoxy) is 1. The highest BCUT2D eigenvalue weighted by molar-refractivity contribution is 5.78. The van der Waals surface area contributed by atoms with Gasteiger partial charge in [-0.25, -0.2) is 0 Å². The number of fused-ring (bicyclic) bond motifs is 1. The lowest BCUT2D eigenvalue weighted by molar-refractivity contribution is -0.110. The third-order valence-electron chi connectivity index (χ3n) is 5.13. The zero-order valence-electron chi connectivity index (χ0n) is 14.1. The molecule has 0 amide bonds. The number of carbonyl (C=O) groups excluding carboxylic acids is 1. The maximum Gasteiger partial charge on any atom is 0.130 e. The van der Waals surface area contributed by atoms with Gasteiger partial charge in [0.25, 0.3) is 0 Å². The van der Waals surface area contributed by atoms with Crippen LogP contribution in [0.3, 0.4) is 0 Å². The average Bonchev–Trinajstić information content (AvgIpc) is 3.15. The van der Waals surface area contributed by atoms with E-state index in [1.54, 1.807) is 0 Å². The van der Waals surface area contributed by atoms with Crippen molar-refractivity contribution in [1.82, 2.24) is 0 Å². The van der Waals surface area contributed by atoms with Gasteiger partial charge in [0.2, 0.25) is 0 Å². The number of carbonyl (C=O) groups is 1. The van der Waals surface area contributed by atoms with Crippen molar-refractivity contribution in [3.8, 4) is 5.75 Å². The molecule has 0 radical (unpaired) electrons. The molecule has 1 aromatic rings. The lowest BCUT2D eigenvalue weighted by atomic mass is 9.88. The van der Waals surface area contributed by atoms with Gasteiger partial charge in [-0.2, -0.15) is 0 Å². The summed E-state index contributed by atoms with van der Waals surface area (Å²) in [6.07, 6.45) is 7.80. The molecule has 118 valence electrons. The molecule has 3 rings (SSSR count). The van der Waals surface area contributed by atoms with E-state index >= 15 is 0 Å². The summed E-state index contributed by atoms with van der Waals surface area (Å²) in [4.78, 5) is 11.5. The standard InChI is InChI=1S/C20H26O2/c1-5-6-7-15-12-19(3,4)22-18-10-16(8-9-17(15)18)20(13-21)11-14(20)2/h8-10,12-14H,5-7,11H2,1-4H3/t14-,20+/m0/s1. The highest BCUT2D eigenvalue weighted by Gasteiger charge is 2.52. The molecular weight excluding hydrogens is 272 g/mol. The van der Waals surface area contributed by atoms with Crippen LogP contribution in [-0.2, 0) is 10.2 Å². The molecule has 2 aliphatic rings. The molecule has 1 saturated carbocycles. The molecule has 0 unspecified atom stereocenters. The monoisotopic (exact) mass is 298 g/mol. The van der Waals surface area contributed by atoms with Crippen molar-refractivity contribution in [2.45, 2.75) is 64.4 Å².